The number of nitrogens with two attached hydrogens (primary N) is 1. The number of pyridine rings is 1. The summed E-state index contributed by atoms with van der Waals surface area (Å²) in [6.07, 6.45) is 0.580. The van der Waals surface area contributed by atoms with Crippen molar-refractivity contribution in [1.29, 1.82) is 0 Å². The molecule has 2 aliphatic rings. The number of aromatic nitrogens is 1. The summed E-state index contributed by atoms with van der Waals surface area (Å²) in [6, 6.07) is 11.9. The average Bonchev–Trinajstić information content (AvgIpc) is 2.72. The Hall–Kier alpha value is -3.32. The Morgan fingerprint density at radius 2 is 1.86 bits per heavy atom. The molecule has 5 rings (SSSR count). The van der Waals surface area contributed by atoms with Gasteiger partial charge < -0.3 is 25.1 Å². The van der Waals surface area contributed by atoms with Gasteiger partial charge in [0.05, 0.1) is 24.5 Å². The van der Waals surface area contributed by atoms with Crippen LogP contribution in [-0.4, -0.2) is 31.3 Å². The number of morpholine rings is 1. The topological polar surface area (TPSA) is 80.6 Å². The minimum atomic E-state index is -0.447. The van der Waals surface area contributed by atoms with Crippen molar-refractivity contribution in [1.82, 2.24) is 4.98 Å². The first-order valence-corrected chi connectivity index (χ1v) is 9.53. The quantitative estimate of drug-likeness (QED) is 0.511. The second kappa shape index (κ2) is 6.93. The zero-order valence-electron chi connectivity index (χ0n) is 15.7. The van der Waals surface area contributed by atoms with Crippen molar-refractivity contribution in [2.75, 3.05) is 36.9 Å². The minimum absolute atomic E-state index is 0.261. The number of hydrogen-bond donors (Lipinski definition) is 2. The Kier molecular flexibility index (Phi) is 4.24. The highest BCUT2D eigenvalue weighted by atomic mass is 19.1. The number of nitrogens with zero attached hydrogens (tertiary/aromatic N) is 1. The molecule has 6 nitrogen and oxygen atoms in total. The predicted molar refractivity (Wildman–Crippen MR) is 109 cm³/mol. The molecule has 1 saturated heterocycles. The second-order valence-electron chi connectivity index (χ2n) is 7.27. The fourth-order valence-corrected chi connectivity index (χ4v) is 3.93. The molecule has 3 aromatic rings. The molecule has 2 aromatic carbocycles. The number of nitrogens with one attached hydrogen (secondary N) is 1. The predicted octanol–water partition coefficient (Wildman–Crippen LogP) is 3.30. The first-order chi connectivity index (χ1) is 14.1. The van der Waals surface area contributed by atoms with Gasteiger partial charge in [0.2, 0.25) is 5.56 Å². The van der Waals surface area contributed by atoms with Crippen molar-refractivity contribution in [2.24, 2.45) is 0 Å². The van der Waals surface area contributed by atoms with Crippen molar-refractivity contribution in [2.45, 2.75) is 6.42 Å². The lowest BCUT2D eigenvalue weighted by molar-refractivity contribution is 0.122. The monoisotopic (exact) mass is 393 g/mol. The fraction of sp³-hybridized carbons (Fsp3) is 0.227. The van der Waals surface area contributed by atoms with Gasteiger partial charge in [-0.2, -0.15) is 0 Å². The molecule has 0 amide bonds. The standard InChI is InChI=1S/C22H20FN3O3/c23-17-3-1-13-9-14-10-15(24)2-4-19(14)29-22(13)21(17)18-11-16(12-20(27)25-18)26-5-7-28-8-6-26/h1-4,10-12H,5-9,24H2,(H,25,27). The van der Waals surface area contributed by atoms with Gasteiger partial charge in [-0.25, -0.2) is 4.39 Å². The molecule has 0 radical (unpaired) electrons. The number of fused-ring (bicyclic) bond motifs is 2. The van der Waals surface area contributed by atoms with E-state index in [0.29, 0.717) is 55.6 Å². The highest BCUT2D eigenvalue weighted by Crippen LogP contribution is 2.44. The summed E-state index contributed by atoms with van der Waals surface area (Å²) in [6.45, 7) is 2.56. The van der Waals surface area contributed by atoms with Crippen molar-refractivity contribution in [3.8, 4) is 22.8 Å². The number of hydrogen-bond acceptors (Lipinski definition) is 5. The first kappa shape index (κ1) is 17.8. The molecule has 29 heavy (non-hydrogen) atoms. The van der Waals surface area contributed by atoms with Crippen LogP contribution in [0.4, 0.5) is 15.8 Å². The smallest absolute Gasteiger partial charge is 0.250 e. The van der Waals surface area contributed by atoms with Gasteiger partial charge in [0.15, 0.2) is 0 Å². The van der Waals surface area contributed by atoms with Gasteiger partial charge in [0, 0.05) is 48.1 Å². The van der Waals surface area contributed by atoms with E-state index in [-0.39, 0.29) is 11.1 Å². The van der Waals surface area contributed by atoms with Crippen LogP contribution in [0, 0.1) is 5.82 Å². The summed E-state index contributed by atoms with van der Waals surface area (Å²) in [5.74, 6) is 0.625. The number of H-pyrrole nitrogens is 1. The lowest BCUT2D eigenvalue weighted by atomic mass is 9.95. The average molecular weight is 393 g/mol. The lowest BCUT2D eigenvalue weighted by Gasteiger charge is -2.29. The first-order valence-electron chi connectivity index (χ1n) is 9.53. The molecular weight excluding hydrogens is 373 g/mol. The lowest BCUT2D eigenvalue weighted by Crippen LogP contribution is -2.36. The molecule has 0 unspecified atom stereocenters. The van der Waals surface area contributed by atoms with E-state index in [1.54, 1.807) is 24.3 Å². The molecule has 3 N–H and O–H groups in total. The number of anilines is 2. The molecule has 0 aliphatic carbocycles. The number of rotatable bonds is 2. The third kappa shape index (κ3) is 3.23. The molecular formula is C22H20FN3O3. The van der Waals surface area contributed by atoms with E-state index in [4.69, 9.17) is 15.2 Å². The molecule has 2 aliphatic heterocycles. The van der Waals surface area contributed by atoms with E-state index < -0.39 is 5.82 Å². The zero-order chi connectivity index (χ0) is 20.0. The van der Waals surface area contributed by atoms with Crippen LogP contribution in [0.15, 0.2) is 47.3 Å². The van der Waals surface area contributed by atoms with E-state index >= 15 is 0 Å². The van der Waals surface area contributed by atoms with Gasteiger partial charge in [0.1, 0.15) is 17.3 Å². The molecule has 1 aromatic heterocycles. The van der Waals surface area contributed by atoms with Crippen LogP contribution in [0.3, 0.4) is 0 Å². The van der Waals surface area contributed by atoms with E-state index in [0.717, 1.165) is 16.8 Å². The van der Waals surface area contributed by atoms with E-state index in [1.165, 1.54) is 12.1 Å². The number of aromatic amines is 1. The van der Waals surface area contributed by atoms with Crippen molar-refractivity contribution in [3.63, 3.8) is 0 Å². The molecule has 1 fully saturated rings. The Morgan fingerprint density at radius 1 is 1.03 bits per heavy atom. The largest absolute Gasteiger partial charge is 0.456 e. The Labute approximate surface area is 166 Å². The fourth-order valence-electron chi connectivity index (χ4n) is 3.93. The maximum atomic E-state index is 15.0. The summed E-state index contributed by atoms with van der Waals surface area (Å²) >= 11 is 0. The number of benzene rings is 2. The third-order valence-electron chi connectivity index (χ3n) is 5.34. The van der Waals surface area contributed by atoms with Gasteiger partial charge in [0.25, 0.3) is 0 Å². The normalized spacial score (nSPS) is 15.4. The van der Waals surface area contributed by atoms with Crippen LogP contribution >= 0.6 is 0 Å². The van der Waals surface area contributed by atoms with Gasteiger partial charge in [-0.15, -0.1) is 0 Å². The Bertz CT molecular complexity index is 1150. The molecule has 7 heteroatoms. The molecule has 0 saturated carbocycles. The van der Waals surface area contributed by atoms with Gasteiger partial charge >= 0.3 is 0 Å². The van der Waals surface area contributed by atoms with Gasteiger partial charge in [-0.05, 0) is 30.3 Å². The highest BCUT2D eigenvalue weighted by Gasteiger charge is 2.25. The van der Waals surface area contributed by atoms with E-state index in [9.17, 15) is 9.18 Å². The summed E-state index contributed by atoms with van der Waals surface area (Å²) < 4.78 is 26.4. The SMILES string of the molecule is Nc1ccc2c(c1)Cc1ccc(F)c(-c3cc(N4CCOCC4)cc(=O)[nH]3)c1O2. The zero-order valence-corrected chi connectivity index (χ0v) is 15.7. The summed E-state index contributed by atoms with van der Waals surface area (Å²) in [4.78, 5) is 17.2. The molecule has 148 valence electrons. The van der Waals surface area contributed by atoms with Crippen LogP contribution in [0.5, 0.6) is 11.5 Å². The molecule has 0 atom stereocenters. The van der Waals surface area contributed by atoms with Crippen LogP contribution in [-0.2, 0) is 11.2 Å². The van der Waals surface area contributed by atoms with Gasteiger partial charge in [-0.3, -0.25) is 4.79 Å². The molecule has 3 heterocycles. The number of ether oxygens (including phenoxy) is 2. The Morgan fingerprint density at radius 3 is 2.69 bits per heavy atom. The maximum absolute atomic E-state index is 15.0. The van der Waals surface area contributed by atoms with Crippen LogP contribution in [0.25, 0.3) is 11.3 Å². The Balaban J connectivity index is 1.62. The van der Waals surface area contributed by atoms with Crippen LogP contribution in [0.2, 0.25) is 0 Å². The van der Waals surface area contributed by atoms with E-state index in [2.05, 4.69) is 9.88 Å². The third-order valence-corrected chi connectivity index (χ3v) is 5.34. The number of halogens is 1. The van der Waals surface area contributed by atoms with Gasteiger partial charge in [-0.1, -0.05) is 6.07 Å². The summed E-state index contributed by atoms with van der Waals surface area (Å²) in [5, 5.41) is 0. The maximum Gasteiger partial charge on any atom is 0.250 e. The minimum Gasteiger partial charge on any atom is -0.456 e. The summed E-state index contributed by atoms with van der Waals surface area (Å²) in [7, 11) is 0. The molecule has 0 bridgehead atoms. The van der Waals surface area contributed by atoms with Crippen molar-refractivity contribution < 1.29 is 13.9 Å². The highest BCUT2D eigenvalue weighted by molar-refractivity contribution is 5.75. The number of nitrogen functional groups attached to an aromatic ring is 1. The van der Waals surface area contributed by atoms with Crippen molar-refractivity contribution in [3.05, 3.63) is 69.8 Å². The second-order valence-corrected chi connectivity index (χ2v) is 7.27. The van der Waals surface area contributed by atoms with Crippen LogP contribution < -0.4 is 20.9 Å². The summed E-state index contributed by atoms with van der Waals surface area (Å²) in [5.41, 5.74) is 9.44. The van der Waals surface area contributed by atoms with Crippen LogP contribution in [0.1, 0.15) is 11.1 Å². The van der Waals surface area contributed by atoms with Crippen molar-refractivity contribution >= 4 is 11.4 Å². The van der Waals surface area contributed by atoms with E-state index in [1.807, 2.05) is 6.07 Å². The molecule has 0 spiro atoms.